The van der Waals surface area contributed by atoms with Crippen LogP contribution in [0.25, 0.3) is 0 Å². The second kappa shape index (κ2) is 8.11. The van der Waals surface area contributed by atoms with Crippen molar-refractivity contribution in [3.8, 4) is 0 Å². The van der Waals surface area contributed by atoms with Gasteiger partial charge < -0.3 is 10.0 Å². The molecule has 0 saturated heterocycles. The Morgan fingerprint density at radius 1 is 1.44 bits per heavy atom. The summed E-state index contributed by atoms with van der Waals surface area (Å²) in [6.45, 7) is 7.56. The van der Waals surface area contributed by atoms with Crippen LogP contribution in [0.2, 0.25) is 0 Å². The summed E-state index contributed by atoms with van der Waals surface area (Å²) in [6.07, 6.45) is 1.56. The predicted molar refractivity (Wildman–Crippen MR) is 75.1 cm³/mol. The zero-order valence-corrected chi connectivity index (χ0v) is 11.7. The van der Waals surface area contributed by atoms with E-state index >= 15 is 0 Å². The second-order valence-electron chi connectivity index (χ2n) is 3.93. The predicted octanol–water partition coefficient (Wildman–Crippen LogP) is 2.35. The van der Waals surface area contributed by atoms with Crippen LogP contribution in [0.1, 0.15) is 29.9 Å². The highest BCUT2D eigenvalue weighted by molar-refractivity contribution is 7.98. The molecule has 0 aliphatic rings. The number of carbonyl (C=O) groups is 1. The van der Waals surface area contributed by atoms with Gasteiger partial charge in [0, 0.05) is 24.2 Å². The van der Waals surface area contributed by atoms with Crippen LogP contribution < -0.4 is 0 Å². The number of aromatic nitrogens is 1. The van der Waals surface area contributed by atoms with Crippen LogP contribution in [-0.4, -0.2) is 46.3 Å². The third-order valence-corrected chi connectivity index (χ3v) is 3.77. The molecule has 0 unspecified atom stereocenters. The molecule has 1 aromatic rings. The fraction of sp³-hybridized carbons (Fsp3) is 0.538. The molecule has 0 saturated carbocycles. The maximum Gasteiger partial charge on any atom is 0.354 e. The molecule has 0 fully saturated rings. The first-order chi connectivity index (χ1) is 8.67. The van der Waals surface area contributed by atoms with E-state index in [9.17, 15) is 4.79 Å². The molecule has 18 heavy (non-hydrogen) atoms. The Kier molecular flexibility index (Phi) is 6.75. The molecule has 1 N–H and O–H groups in total. The number of carboxylic acid groups (broad SMARTS) is 1. The Labute approximate surface area is 112 Å². The van der Waals surface area contributed by atoms with Gasteiger partial charge in [-0.3, -0.25) is 0 Å². The standard InChI is InChI=1S/C13H20N2O2S/c1-3-15(4-2)7-8-18-10-11-5-6-14-12(9-11)13(16)17/h5-6,9H,3-4,7-8,10H2,1-2H3,(H,16,17). The molecule has 4 nitrogen and oxygen atoms in total. The normalized spacial score (nSPS) is 10.8. The molecule has 100 valence electrons. The summed E-state index contributed by atoms with van der Waals surface area (Å²) < 4.78 is 0. The van der Waals surface area contributed by atoms with Crippen LogP contribution in [0.15, 0.2) is 18.3 Å². The number of carboxylic acids is 1. The molecule has 0 amide bonds. The maximum atomic E-state index is 10.8. The Hall–Kier alpha value is -1.07. The highest BCUT2D eigenvalue weighted by Crippen LogP contribution is 2.12. The van der Waals surface area contributed by atoms with Gasteiger partial charge in [0.2, 0.25) is 0 Å². The monoisotopic (exact) mass is 268 g/mol. The summed E-state index contributed by atoms with van der Waals surface area (Å²) in [5.41, 5.74) is 1.14. The minimum atomic E-state index is -0.968. The first-order valence-electron chi connectivity index (χ1n) is 6.15. The van der Waals surface area contributed by atoms with Crippen LogP contribution in [0.4, 0.5) is 0 Å². The third kappa shape index (κ3) is 5.06. The maximum absolute atomic E-state index is 10.8. The van der Waals surface area contributed by atoms with Crippen molar-refractivity contribution in [1.29, 1.82) is 0 Å². The van der Waals surface area contributed by atoms with E-state index in [0.29, 0.717) is 0 Å². The van der Waals surface area contributed by atoms with Gasteiger partial charge in [-0.05, 0) is 30.8 Å². The van der Waals surface area contributed by atoms with E-state index < -0.39 is 5.97 Å². The largest absolute Gasteiger partial charge is 0.477 e. The number of hydrogen-bond acceptors (Lipinski definition) is 4. The second-order valence-corrected chi connectivity index (χ2v) is 5.04. The summed E-state index contributed by atoms with van der Waals surface area (Å²) >= 11 is 1.82. The van der Waals surface area contributed by atoms with Crippen molar-refractivity contribution in [3.63, 3.8) is 0 Å². The SMILES string of the molecule is CCN(CC)CCSCc1ccnc(C(=O)O)c1. The lowest BCUT2D eigenvalue weighted by Crippen LogP contribution is -2.25. The van der Waals surface area contributed by atoms with Gasteiger partial charge in [-0.2, -0.15) is 11.8 Å². The minimum Gasteiger partial charge on any atom is -0.477 e. The summed E-state index contributed by atoms with van der Waals surface area (Å²) in [5.74, 6) is 0.932. The van der Waals surface area contributed by atoms with Gasteiger partial charge in [0.05, 0.1) is 0 Å². The highest BCUT2D eigenvalue weighted by Gasteiger charge is 2.05. The number of hydrogen-bond donors (Lipinski definition) is 1. The Morgan fingerprint density at radius 2 is 2.17 bits per heavy atom. The van der Waals surface area contributed by atoms with Gasteiger partial charge in [0.15, 0.2) is 0 Å². The van der Waals surface area contributed by atoms with E-state index in [1.165, 1.54) is 0 Å². The average Bonchev–Trinajstić information content (AvgIpc) is 2.39. The first kappa shape index (κ1) is 15.0. The van der Waals surface area contributed by atoms with Crippen molar-refractivity contribution < 1.29 is 9.90 Å². The van der Waals surface area contributed by atoms with Crippen LogP contribution in [0.3, 0.4) is 0 Å². The fourth-order valence-electron chi connectivity index (χ4n) is 1.60. The molecule has 0 aliphatic heterocycles. The highest BCUT2D eigenvalue weighted by atomic mass is 32.2. The summed E-state index contributed by atoms with van der Waals surface area (Å²) in [5, 5.41) is 8.84. The fourth-order valence-corrected chi connectivity index (χ4v) is 2.55. The van der Waals surface area contributed by atoms with Crippen LogP contribution in [-0.2, 0) is 5.75 Å². The Morgan fingerprint density at radius 3 is 2.78 bits per heavy atom. The van der Waals surface area contributed by atoms with Gasteiger partial charge in [0.25, 0.3) is 0 Å². The van der Waals surface area contributed by atoms with Gasteiger partial charge in [-0.25, -0.2) is 9.78 Å². The van der Waals surface area contributed by atoms with Gasteiger partial charge in [-0.15, -0.1) is 0 Å². The third-order valence-electron chi connectivity index (χ3n) is 2.76. The molecule has 0 aliphatic carbocycles. The van der Waals surface area contributed by atoms with Crippen molar-refractivity contribution in [3.05, 3.63) is 29.6 Å². The van der Waals surface area contributed by atoms with Crippen LogP contribution in [0, 0.1) is 0 Å². The van der Waals surface area contributed by atoms with E-state index in [0.717, 1.165) is 36.7 Å². The van der Waals surface area contributed by atoms with Crippen LogP contribution in [0.5, 0.6) is 0 Å². The van der Waals surface area contributed by atoms with Crippen molar-refractivity contribution in [2.24, 2.45) is 0 Å². The smallest absolute Gasteiger partial charge is 0.354 e. The number of pyridine rings is 1. The molecule has 1 rings (SSSR count). The summed E-state index contributed by atoms with van der Waals surface area (Å²) in [7, 11) is 0. The molecule has 0 radical (unpaired) electrons. The molecular weight excluding hydrogens is 248 g/mol. The summed E-state index contributed by atoms with van der Waals surface area (Å²) in [6, 6.07) is 3.52. The molecule has 0 bridgehead atoms. The lowest BCUT2D eigenvalue weighted by molar-refractivity contribution is 0.0690. The number of aromatic carboxylic acids is 1. The number of rotatable bonds is 8. The first-order valence-corrected chi connectivity index (χ1v) is 7.31. The molecule has 1 aromatic heterocycles. The molecule has 0 spiro atoms. The van der Waals surface area contributed by atoms with Crippen LogP contribution >= 0.6 is 11.8 Å². The molecular formula is C13H20N2O2S. The van der Waals surface area contributed by atoms with E-state index in [2.05, 4.69) is 23.7 Å². The topological polar surface area (TPSA) is 53.4 Å². The van der Waals surface area contributed by atoms with E-state index in [4.69, 9.17) is 5.11 Å². The number of nitrogens with zero attached hydrogens (tertiary/aromatic N) is 2. The minimum absolute atomic E-state index is 0.122. The zero-order valence-electron chi connectivity index (χ0n) is 10.9. The van der Waals surface area contributed by atoms with E-state index in [1.807, 2.05) is 17.8 Å². The molecule has 0 atom stereocenters. The molecule has 5 heteroatoms. The van der Waals surface area contributed by atoms with Gasteiger partial charge >= 0.3 is 5.97 Å². The summed E-state index contributed by atoms with van der Waals surface area (Å²) in [4.78, 5) is 17.0. The van der Waals surface area contributed by atoms with Crippen molar-refractivity contribution >= 4 is 17.7 Å². The lowest BCUT2D eigenvalue weighted by Gasteiger charge is -2.17. The quantitative estimate of drug-likeness (QED) is 0.733. The molecule has 1 heterocycles. The Bertz CT molecular complexity index is 381. The average molecular weight is 268 g/mol. The van der Waals surface area contributed by atoms with Gasteiger partial charge in [-0.1, -0.05) is 13.8 Å². The molecule has 0 aromatic carbocycles. The van der Waals surface area contributed by atoms with Crippen molar-refractivity contribution in [2.75, 3.05) is 25.4 Å². The van der Waals surface area contributed by atoms with E-state index in [-0.39, 0.29) is 5.69 Å². The Balaban J connectivity index is 2.35. The number of thioether (sulfide) groups is 1. The lowest BCUT2D eigenvalue weighted by atomic mass is 10.2. The zero-order chi connectivity index (χ0) is 13.4. The van der Waals surface area contributed by atoms with Crippen molar-refractivity contribution in [1.82, 2.24) is 9.88 Å². The van der Waals surface area contributed by atoms with E-state index in [1.54, 1.807) is 12.3 Å². The van der Waals surface area contributed by atoms with Gasteiger partial charge in [0.1, 0.15) is 5.69 Å². The van der Waals surface area contributed by atoms with Crippen molar-refractivity contribution in [2.45, 2.75) is 19.6 Å².